The second kappa shape index (κ2) is 10.5. The third kappa shape index (κ3) is 5.61. The Kier molecular flexibility index (Phi) is 7.30. The Morgan fingerprint density at radius 1 is 0.969 bits per heavy atom. The SMILES string of the molecule is NC(=O)C1(Cc2ccc(-c3ccncc3)cc2)CCCN(CCOCc2ccccc2)C1. The van der Waals surface area contributed by atoms with Gasteiger partial charge in [-0.1, -0.05) is 54.6 Å². The topological polar surface area (TPSA) is 68.5 Å². The van der Waals surface area contributed by atoms with Crippen LogP contribution in [-0.2, 0) is 22.6 Å². The smallest absolute Gasteiger partial charge is 0.225 e. The zero-order valence-electron chi connectivity index (χ0n) is 18.5. The summed E-state index contributed by atoms with van der Waals surface area (Å²) >= 11 is 0. The Morgan fingerprint density at radius 3 is 2.41 bits per heavy atom. The number of nitrogens with zero attached hydrogens (tertiary/aromatic N) is 2. The quantitative estimate of drug-likeness (QED) is 0.521. The molecule has 5 nitrogen and oxygen atoms in total. The van der Waals surface area contributed by atoms with Crippen molar-refractivity contribution >= 4 is 5.91 Å². The van der Waals surface area contributed by atoms with Crippen LogP contribution in [0.5, 0.6) is 0 Å². The zero-order chi connectivity index (χ0) is 22.2. The number of aromatic nitrogens is 1. The number of carbonyl (C=O) groups excluding carboxylic acids is 1. The van der Waals surface area contributed by atoms with Gasteiger partial charge in [0.15, 0.2) is 0 Å². The predicted molar refractivity (Wildman–Crippen MR) is 127 cm³/mol. The van der Waals surface area contributed by atoms with Crippen LogP contribution in [0.1, 0.15) is 24.0 Å². The van der Waals surface area contributed by atoms with E-state index in [2.05, 4.69) is 46.3 Å². The van der Waals surface area contributed by atoms with E-state index in [1.54, 1.807) is 12.4 Å². The summed E-state index contributed by atoms with van der Waals surface area (Å²) in [7, 11) is 0. The maximum Gasteiger partial charge on any atom is 0.225 e. The number of piperidine rings is 1. The summed E-state index contributed by atoms with van der Waals surface area (Å²) < 4.78 is 5.86. The van der Waals surface area contributed by atoms with Crippen molar-refractivity contribution in [2.45, 2.75) is 25.9 Å². The summed E-state index contributed by atoms with van der Waals surface area (Å²) in [5.41, 5.74) is 10.0. The van der Waals surface area contributed by atoms with Gasteiger partial charge in [0.1, 0.15) is 0 Å². The van der Waals surface area contributed by atoms with Gasteiger partial charge in [-0.3, -0.25) is 14.7 Å². The molecule has 0 saturated carbocycles. The summed E-state index contributed by atoms with van der Waals surface area (Å²) in [6, 6.07) is 22.6. The molecule has 32 heavy (non-hydrogen) atoms. The van der Waals surface area contributed by atoms with E-state index >= 15 is 0 Å². The Labute approximate surface area is 190 Å². The molecule has 0 spiro atoms. The van der Waals surface area contributed by atoms with Crippen molar-refractivity contribution in [1.29, 1.82) is 0 Å². The molecule has 2 aromatic carbocycles. The lowest BCUT2D eigenvalue weighted by Gasteiger charge is -2.41. The summed E-state index contributed by atoms with van der Waals surface area (Å²) in [4.78, 5) is 19.0. The van der Waals surface area contributed by atoms with Gasteiger partial charge in [0.2, 0.25) is 5.91 Å². The zero-order valence-corrected chi connectivity index (χ0v) is 18.5. The summed E-state index contributed by atoms with van der Waals surface area (Å²) in [5.74, 6) is -0.203. The third-order valence-electron chi connectivity index (χ3n) is 6.35. The highest BCUT2D eigenvalue weighted by molar-refractivity contribution is 5.81. The van der Waals surface area contributed by atoms with Crippen molar-refractivity contribution < 1.29 is 9.53 Å². The average molecular weight is 430 g/mol. The van der Waals surface area contributed by atoms with E-state index in [-0.39, 0.29) is 5.91 Å². The van der Waals surface area contributed by atoms with Crippen LogP contribution in [0.3, 0.4) is 0 Å². The fourth-order valence-corrected chi connectivity index (χ4v) is 4.56. The van der Waals surface area contributed by atoms with Crippen molar-refractivity contribution in [1.82, 2.24) is 9.88 Å². The monoisotopic (exact) mass is 429 g/mol. The molecule has 1 unspecified atom stereocenters. The van der Waals surface area contributed by atoms with E-state index in [4.69, 9.17) is 10.5 Å². The first-order valence-corrected chi connectivity index (χ1v) is 11.3. The van der Waals surface area contributed by atoms with Gasteiger partial charge >= 0.3 is 0 Å². The predicted octanol–water partition coefficient (Wildman–Crippen LogP) is 4.08. The van der Waals surface area contributed by atoms with Crippen LogP contribution in [0.2, 0.25) is 0 Å². The molecule has 0 radical (unpaired) electrons. The number of ether oxygens (including phenoxy) is 1. The second-order valence-corrected chi connectivity index (χ2v) is 8.67. The number of hydrogen-bond acceptors (Lipinski definition) is 4. The number of carbonyl (C=O) groups is 1. The maximum absolute atomic E-state index is 12.6. The minimum absolute atomic E-state index is 0.203. The molecule has 2 heterocycles. The van der Waals surface area contributed by atoms with E-state index in [1.807, 2.05) is 30.3 Å². The van der Waals surface area contributed by atoms with E-state index < -0.39 is 5.41 Å². The van der Waals surface area contributed by atoms with Gasteiger partial charge in [-0.25, -0.2) is 0 Å². The molecule has 3 aromatic rings. The Hall–Kier alpha value is -3.02. The van der Waals surface area contributed by atoms with Crippen molar-refractivity contribution in [2.24, 2.45) is 11.1 Å². The van der Waals surface area contributed by atoms with Crippen LogP contribution in [0.25, 0.3) is 11.1 Å². The molecule has 1 aromatic heterocycles. The first-order valence-electron chi connectivity index (χ1n) is 11.3. The van der Waals surface area contributed by atoms with Crippen LogP contribution >= 0.6 is 0 Å². The van der Waals surface area contributed by atoms with Crippen LogP contribution in [0, 0.1) is 5.41 Å². The summed E-state index contributed by atoms with van der Waals surface area (Å²) in [6.07, 6.45) is 6.06. The molecule has 1 amide bonds. The number of primary amides is 1. The van der Waals surface area contributed by atoms with Crippen molar-refractivity contribution in [3.63, 3.8) is 0 Å². The summed E-state index contributed by atoms with van der Waals surface area (Å²) in [5, 5.41) is 0. The second-order valence-electron chi connectivity index (χ2n) is 8.67. The Balaban J connectivity index is 1.35. The van der Waals surface area contributed by atoms with Crippen LogP contribution in [0.4, 0.5) is 0 Å². The standard InChI is InChI=1S/C27H31N3O2/c28-26(31)27(19-22-7-9-24(10-8-22)25-11-14-29-15-12-25)13-4-16-30(21-27)17-18-32-20-23-5-2-1-3-6-23/h1-3,5-12,14-15H,4,13,16-21H2,(H2,28,31). The Morgan fingerprint density at radius 2 is 1.69 bits per heavy atom. The molecule has 1 atom stereocenters. The number of nitrogens with two attached hydrogens (primary N) is 1. The lowest BCUT2D eigenvalue weighted by Crippen LogP contribution is -2.52. The molecule has 166 valence electrons. The largest absolute Gasteiger partial charge is 0.375 e. The van der Waals surface area contributed by atoms with Crippen molar-refractivity contribution in [3.8, 4) is 11.1 Å². The number of likely N-dealkylation sites (tertiary alicyclic amines) is 1. The molecule has 0 aliphatic carbocycles. The van der Waals surface area contributed by atoms with Gasteiger partial charge < -0.3 is 10.5 Å². The molecule has 5 heteroatoms. The molecular formula is C27H31N3O2. The Bertz CT molecular complexity index is 992. The van der Waals surface area contributed by atoms with E-state index in [0.29, 0.717) is 26.2 Å². The van der Waals surface area contributed by atoms with E-state index in [1.165, 1.54) is 5.56 Å². The molecule has 4 rings (SSSR count). The lowest BCUT2D eigenvalue weighted by atomic mass is 9.74. The van der Waals surface area contributed by atoms with E-state index in [0.717, 1.165) is 42.6 Å². The number of pyridine rings is 1. The maximum atomic E-state index is 12.6. The van der Waals surface area contributed by atoms with Crippen LogP contribution in [-0.4, -0.2) is 42.0 Å². The molecule has 1 saturated heterocycles. The fourth-order valence-electron chi connectivity index (χ4n) is 4.56. The number of rotatable bonds is 9. The summed E-state index contributed by atoms with van der Waals surface area (Å²) in [6.45, 7) is 3.72. The molecule has 0 bridgehead atoms. The fraction of sp³-hybridized carbons (Fsp3) is 0.333. The number of benzene rings is 2. The van der Waals surface area contributed by atoms with Gasteiger partial charge in [-0.2, -0.15) is 0 Å². The highest BCUT2D eigenvalue weighted by Gasteiger charge is 2.40. The highest BCUT2D eigenvalue weighted by Crippen LogP contribution is 2.34. The van der Waals surface area contributed by atoms with Gasteiger partial charge in [0, 0.05) is 25.5 Å². The lowest BCUT2D eigenvalue weighted by molar-refractivity contribution is -0.131. The van der Waals surface area contributed by atoms with E-state index in [9.17, 15) is 4.79 Å². The first kappa shape index (κ1) is 22.2. The van der Waals surface area contributed by atoms with Crippen molar-refractivity contribution in [3.05, 3.63) is 90.3 Å². The van der Waals surface area contributed by atoms with Gasteiger partial charge in [-0.15, -0.1) is 0 Å². The molecule has 1 aliphatic rings. The first-order chi connectivity index (χ1) is 15.6. The number of amides is 1. The molecule has 2 N–H and O–H groups in total. The third-order valence-corrected chi connectivity index (χ3v) is 6.35. The molecule has 1 aliphatic heterocycles. The number of hydrogen-bond donors (Lipinski definition) is 1. The highest BCUT2D eigenvalue weighted by atomic mass is 16.5. The molecular weight excluding hydrogens is 398 g/mol. The van der Waals surface area contributed by atoms with Gasteiger partial charge in [0.05, 0.1) is 18.6 Å². The van der Waals surface area contributed by atoms with Gasteiger partial charge in [0.25, 0.3) is 0 Å². The van der Waals surface area contributed by atoms with Crippen LogP contribution in [0.15, 0.2) is 79.1 Å². The minimum Gasteiger partial charge on any atom is -0.375 e. The normalized spacial score (nSPS) is 19.0. The minimum atomic E-state index is -0.532. The van der Waals surface area contributed by atoms with Gasteiger partial charge in [-0.05, 0) is 60.2 Å². The van der Waals surface area contributed by atoms with Crippen LogP contribution < -0.4 is 5.73 Å². The van der Waals surface area contributed by atoms with Crippen molar-refractivity contribution in [2.75, 3.05) is 26.2 Å². The molecule has 1 fully saturated rings. The average Bonchev–Trinajstić information content (AvgIpc) is 2.84.